The maximum absolute atomic E-state index is 13.2. The number of anilines is 1. The molecule has 7 heteroatoms. The SMILES string of the molecule is Cc1cc(C)n(-c2cc(C)c(NC3CCC(F)(F)CC3)nn2)n1. The third-order valence-electron chi connectivity index (χ3n) is 4.26. The van der Waals surface area contributed by atoms with Crippen LogP contribution in [-0.4, -0.2) is 31.9 Å². The molecule has 0 aliphatic heterocycles. The average Bonchev–Trinajstić information content (AvgIpc) is 2.82. The molecule has 0 saturated heterocycles. The van der Waals surface area contributed by atoms with Crippen molar-refractivity contribution in [2.24, 2.45) is 0 Å². The van der Waals surface area contributed by atoms with E-state index in [2.05, 4.69) is 20.6 Å². The van der Waals surface area contributed by atoms with Crippen molar-refractivity contribution in [2.75, 3.05) is 5.32 Å². The number of nitrogens with one attached hydrogen (secondary N) is 1. The monoisotopic (exact) mass is 321 g/mol. The molecule has 3 rings (SSSR count). The Kier molecular flexibility index (Phi) is 4.04. The first-order valence-electron chi connectivity index (χ1n) is 7.86. The van der Waals surface area contributed by atoms with Gasteiger partial charge in [0.25, 0.3) is 0 Å². The van der Waals surface area contributed by atoms with Crippen LogP contribution in [0.3, 0.4) is 0 Å². The molecule has 23 heavy (non-hydrogen) atoms. The highest BCUT2D eigenvalue weighted by molar-refractivity contribution is 5.46. The average molecular weight is 321 g/mol. The van der Waals surface area contributed by atoms with E-state index in [1.54, 1.807) is 4.68 Å². The highest BCUT2D eigenvalue weighted by Gasteiger charge is 2.35. The highest BCUT2D eigenvalue weighted by atomic mass is 19.3. The first-order valence-corrected chi connectivity index (χ1v) is 7.86. The van der Waals surface area contributed by atoms with Gasteiger partial charge in [0.1, 0.15) is 0 Å². The quantitative estimate of drug-likeness (QED) is 0.939. The topological polar surface area (TPSA) is 55.6 Å². The number of nitrogens with zero attached hydrogens (tertiary/aromatic N) is 4. The summed E-state index contributed by atoms with van der Waals surface area (Å²) in [5.41, 5.74) is 2.85. The second-order valence-corrected chi connectivity index (χ2v) is 6.35. The lowest BCUT2D eigenvalue weighted by Crippen LogP contribution is -2.32. The molecule has 2 aromatic heterocycles. The molecule has 2 aromatic rings. The molecular formula is C16H21F2N5. The lowest BCUT2D eigenvalue weighted by molar-refractivity contribution is -0.0361. The van der Waals surface area contributed by atoms with Crippen LogP contribution in [0.5, 0.6) is 0 Å². The van der Waals surface area contributed by atoms with E-state index in [1.807, 2.05) is 32.9 Å². The van der Waals surface area contributed by atoms with Gasteiger partial charge in [-0.3, -0.25) is 0 Å². The van der Waals surface area contributed by atoms with Crippen LogP contribution >= 0.6 is 0 Å². The van der Waals surface area contributed by atoms with Gasteiger partial charge in [0.05, 0.1) is 5.69 Å². The fourth-order valence-corrected chi connectivity index (χ4v) is 2.96. The minimum Gasteiger partial charge on any atom is -0.366 e. The summed E-state index contributed by atoms with van der Waals surface area (Å²) in [7, 11) is 0. The fraction of sp³-hybridized carbons (Fsp3) is 0.562. The molecule has 124 valence electrons. The van der Waals surface area contributed by atoms with Gasteiger partial charge in [-0.15, -0.1) is 10.2 Å². The Labute approximate surface area is 134 Å². The number of alkyl halides is 2. The molecular weight excluding hydrogens is 300 g/mol. The Morgan fingerprint density at radius 3 is 2.39 bits per heavy atom. The normalized spacial score (nSPS) is 18.1. The van der Waals surface area contributed by atoms with Crippen LogP contribution in [0.25, 0.3) is 5.82 Å². The Balaban J connectivity index is 1.74. The van der Waals surface area contributed by atoms with Crippen LogP contribution in [0.4, 0.5) is 14.6 Å². The lowest BCUT2D eigenvalue weighted by Gasteiger charge is -2.29. The summed E-state index contributed by atoms with van der Waals surface area (Å²) in [6.07, 6.45) is 0.766. The lowest BCUT2D eigenvalue weighted by atomic mass is 9.92. The Morgan fingerprint density at radius 1 is 1.13 bits per heavy atom. The van der Waals surface area contributed by atoms with E-state index in [9.17, 15) is 8.78 Å². The van der Waals surface area contributed by atoms with Crippen molar-refractivity contribution in [1.29, 1.82) is 0 Å². The van der Waals surface area contributed by atoms with E-state index < -0.39 is 5.92 Å². The second-order valence-electron chi connectivity index (χ2n) is 6.35. The van der Waals surface area contributed by atoms with Crippen molar-refractivity contribution < 1.29 is 8.78 Å². The van der Waals surface area contributed by atoms with Crippen molar-refractivity contribution in [2.45, 2.75) is 58.4 Å². The minimum atomic E-state index is -2.52. The van der Waals surface area contributed by atoms with Crippen LogP contribution < -0.4 is 5.32 Å². The Hall–Kier alpha value is -2.05. The number of hydrogen-bond donors (Lipinski definition) is 1. The second kappa shape index (κ2) is 5.86. The summed E-state index contributed by atoms with van der Waals surface area (Å²) < 4.78 is 28.2. The van der Waals surface area contributed by atoms with Gasteiger partial charge in [0.2, 0.25) is 5.92 Å². The van der Waals surface area contributed by atoms with E-state index in [4.69, 9.17) is 0 Å². The highest BCUT2D eigenvalue weighted by Crippen LogP contribution is 2.34. The molecule has 0 aromatic carbocycles. The Bertz CT molecular complexity index is 700. The molecule has 0 bridgehead atoms. The fourth-order valence-electron chi connectivity index (χ4n) is 2.96. The van der Waals surface area contributed by atoms with E-state index in [-0.39, 0.29) is 18.9 Å². The van der Waals surface area contributed by atoms with Crippen molar-refractivity contribution in [3.05, 3.63) is 29.1 Å². The van der Waals surface area contributed by atoms with Gasteiger partial charge in [-0.1, -0.05) is 0 Å². The summed E-state index contributed by atoms with van der Waals surface area (Å²) in [5.74, 6) is -1.20. The number of halogens is 2. The van der Waals surface area contributed by atoms with Gasteiger partial charge >= 0.3 is 0 Å². The van der Waals surface area contributed by atoms with Crippen LogP contribution in [0, 0.1) is 20.8 Å². The Morgan fingerprint density at radius 2 is 1.83 bits per heavy atom. The van der Waals surface area contributed by atoms with Crippen LogP contribution in [0.1, 0.15) is 42.6 Å². The standard InChI is InChI=1S/C16H21F2N5/c1-10-8-14(23-12(3)9-11(2)22-23)20-21-15(10)19-13-4-6-16(17,18)7-5-13/h8-9,13H,4-7H2,1-3H3,(H,19,21). The molecule has 2 heterocycles. The molecule has 1 aliphatic carbocycles. The maximum Gasteiger partial charge on any atom is 0.248 e. The molecule has 1 aliphatic rings. The maximum atomic E-state index is 13.2. The number of hydrogen-bond acceptors (Lipinski definition) is 4. The molecule has 1 N–H and O–H groups in total. The summed E-state index contributed by atoms with van der Waals surface area (Å²) in [5, 5.41) is 16.1. The third-order valence-corrected chi connectivity index (χ3v) is 4.26. The van der Waals surface area contributed by atoms with Crippen molar-refractivity contribution in [1.82, 2.24) is 20.0 Å². The van der Waals surface area contributed by atoms with Gasteiger partial charge in [0.15, 0.2) is 11.6 Å². The summed E-state index contributed by atoms with van der Waals surface area (Å²) >= 11 is 0. The number of rotatable bonds is 3. The molecule has 5 nitrogen and oxygen atoms in total. The molecule has 0 amide bonds. The van der Waals surface area contributed by atoms with Gasteiger partial charge in [0, 0.05) is 24.6 Å². The zero-order valence-corrected chi connectivity index (χ0v) is 13.6. The molecule has 0 radical (unpaired) electrons. The third kappa shape index (κ3) is 3.48. The number of aromatic nitrogens is 4. The first-order chi connectivity index (χ1) is 10.8. The van der Waals surface area contributed by atoms with E-state index in [1.165, 1.54) is 0 Å². The predicted octanol–water partition coefficient (Wildman–Crippen LogP) is 3.58. The van der Waals surface area contributed by atoms with E-state index in [0.717, 1.165) is 17.0 Å². The zero-order valence-electron chi connectivity index (χ0n) is 13.6. The predicted molar refractivity (Wildman–Crippen MR) is 84.2 cm³/mol. The van der Waals surface area contributed by atoms with Crippen LogP contribution in [0.2, 0.25) is 0 Å². The summed E-state index contributed by atoms with van der Waals surface area (Å²) in [6.45, 7) is 5.83. The number of aryl methyl sites for hydroxylation is 3. The molecule has 1 fully saturated rings. The minimum absolute atomic E-state index is 0.0298. The van der Waals surface area contributed by atoms with Crippen LogP contribution in [0.15, 0.2) is 12.1 Å². The molecule has 0 unspecified atom stereocenters. The molecule has 0 spiro atoms. The smallest absolute Gasteiger partial charge is 0.248 e. The largest absolute Gasteiger partial charge is 0.366 e. The van der Waals surface area contributed by atoms with E-state index in [0.29, 0.717) is 24.5 Å². The van der Waals surface area contributed by atoms with E-state index >= 15 is 0 Å². The van der Waals surface area contributed by atoms with Gasteiger partial charge in [-0.25, -0.2) is 13.5 Å². The van der Waals surface area contributed by atoms with Gasteiger partial charge in [-0.05, 0) is 51.3 Å². The zero-order chi connectivity index (χ0) is 16.6. The van der Waals surface area contributed by atoms with Crippen molar-refractivity contribution in [3.63, 3.8) is 0 Å². The summed E-state index contributed by atoms with van der Waals surface area (Å²) in [4.78, 5) is 0. The van der Waals surface area contributed by atoms with Crippen molar-refractivity contribution >= 4 is 5.82 Å². The van der Waals surface area contributed by atoms with Gasteiger partial charge < -0.3 is 5.32 Å². The van der Waals surface area contributed by atoms with Crippen molar-refractivity contribution in [3.8, 4) is 5.82 Å². The molecule has 1 saturated carbocycles. The molecule has 0 atom stereocenters. The summed E-state index contributed by atoms with van der Waals surface area (Å²) in [6, 6.07) is 3.92. The van der Waals surface area contributed by atoms with Gasteiger partial charge in [-0.2, -0.15) is 5.10 Å². The first kappa shape index (κ1) is 15.8. The van der Waals surface area contributed by atoms with Crippen LogP contribution in [-0.2, 0) is 0 Å².